The molecular formula is C14H14BrFN2O2S. The Morgan fingerprint density at radius 1 is 1.14 bits per heavy atom. The quantitative estimate of drug-likeness (QED) is 0.808. The number of anilines is 2. The lowest BCUT2D eigenvalue weighted by Crippen LogP contribution is -2.16. The summed E-state index contributed by atoms with van der Waals surface area (Å²) in [6.07, 6.45) is 0. The highest BCUT2D eigenvalue weighted by Crippen LogP contribution is 2.27. The average molecular weight is 373 g/mol. The molecular weight excluding hydrogens is 359 g/mol. The van der Waals surface area contributed by atoms with Crippen molar-refractivity contribution in [2.75, 3.05) is 10.5 Å². The fourth-order valence-corrected chi connectivity index (χ4v) is 3.44. The van der Waals surface area contributed by atoms with E-state index < -0.39 is 15.8 Å². The van der Waals surface area contributed by atoms with Gasteiger partial charge in [0.05, 0.1) is 11.4 Å². The SMILES string of the molecule is Cc1cc(N)c(S(=O)(=O)Nc2cc(Br)ccc2F)cc1C. The Morgan fingerprint density at radius 3 is 2.43 bits per heavy atom. The minimum Gasteiger partial charge on any atom is -0.398 e. The third-order valence-electron chi connectivity index (χ3n) is 3.09. The van der Waals surface area contributed by atoms with Gasteiger partial charge in [-0.2, -0.15) is 0 Å². The molecule has 3 N–H and O–H groups in total. The van der Waals surface area contributed by atoms with Crippen LogP contribution >= 0.6 is 15.9 Å². The Labute approximate surface area is 131 Å². The maximum Gasteiger partial charge on any atom is 0.264 e. The van der Waals surface area contributed by atoms with Gasteiger partial charge in [-0.15, -0.1) is 0 Å². The number of nitrogens with two attached hydrogens (primary N) is 1. The number of hydrogen-bond donors (Lipinski definition) is 2. The van der Waals surface area contributed by atoms with Gasteiger partial charge in [0.2, 0.25) is 0 Å². The van der Waals surface area contributed by atoms with Crippen LogP contribution in [0.15, 0.2) is 39.7 Å². The molecule has 0 radical (unpaired) electrons. The summed E-state index contributed by atoms with van der Waals surface area (Å²) in [5.41, 5.74) is 7.44. The van der Waals surface area contributed by atoms with Crippen molar-refractivity contribution in [1.29, 1.82) is 0 Å². The monoisotopic (exact) mass is 372 g/mol. The van der Waals surface area contributed by atoms with Crippen molar-refractivity contribution in [3.8, 4) is 0 Å². The molecule has 0 amide bonds. The maximum absolute atomic E-state index is 13.7. The van der Waals surface area contributed by atoms with Crippen LogP contribution in [0.3, 0.4) is 0 Å². The van der Waals surface area contributed by atoms with Crippen LogP contribution in [0.2, 0.25) is 0 Å². The highest BCUT2D eigenvalue weighted by molar-refractivity contribution is 9.10. The highest BCUT2D eigenvalue weighted by atomic mass is 79.9. The molecule has 112 valence electrons. The van der Waals surface area contributed by atoms with E-state index in [2.05, 4.69) is 20.7 Å². The number of benzene rings is 2. The van der Waals surface area contributed by atoms with Gasteiger partial charge < -0.3 is 5.73 Å². The fourth-order valence-electron chi connectivity index (χ4n) is 1.82. The summed E-state index contributed by atoms with van der Waals surface area (Å²) in [6, 6.07) is 7.07. The smallest absolute Gasteiger partial charge is 0.264 e. The van der Waals surface area contributed by atoms with Gasteiger partial charge in [-0.05, 0) is 55.3 Å². The van der Waals surface area contributed by atoms with Crippen LogP contribution in [-0.2, 0) is 10.0 Å². The first-order valence-corrected chi connectivity index (χ1v) is 8.33. The zero-order valence-electron chi connectivity index (χ0n) is 11.4. The molecule has 0 saturated carbocycles. The Balaban J connectivity index is 2.48. The van der Waals surface area contributed by atoms with E-state index in [-0.39, 0.29) is 16.3 Å². The summed E-state index contributed by atoms with van der Waals surface area (Å²) in [4.78, 5) is -0.0648. The molecule has 0 aromatic heterocycles. The number of hydrogen-bond acceptors (Lipinski definition) is 3. The van der Waals surface area contributed by atoms with Crippen molar-refractivity contribution in [2.45, 2.75) is 18.7 Å². The molecule has 0 aliphatic carbocycles. The molecule has 0 saturated heterocycles. The molecule has 2 rings (SSSR count). The summed E-state index contributed by atoms with van der Waals surface area (Å²) < 4.78 is 41.2. The number of sulfonamides is 1. The van der Waals surface area contributed by atoms with E-state index in [9.17, 15) is 12.8 Å². The van der Waals surface area contributed by atoms with Gasteiger partial charge in [0.15, 0.2) is 0 Å². The maximum atomic E-state index is 13.7. The van der Waals surface area contributed by atoms with Gasteiger partial charge >= 0.3 is 0 Å². The molecule has 2 aromatic carbocycles. The second-order valence-electron chi connectivity index (χ2n) is 4.70. The third-order valence-corrected chi connectivity index (χ3v) is 5.00. The predicted octanol–water partition coefficient (Wildman–Crippen LogP) is 3.59. The molecule has 0 atom stereocenters. The Kier molecular flexibility index (Phi) is 4.25. The van der Waals surface area contributed by atoms with Gasteiger partial charge in [0.1, 0.15) is 10.7 Å². The first kappa shape index (κ1) is 15.8. The average Bonchev–Trinajstić information content (AvgIpc) is 2.37. The van der Waals surface area contributed by atoms with Crippen molar-refractivity contribution >= 4 is 37.3 Å². The van der Waals surface area contributed by atoms with E-state index in [1.807, 2.05) is 6.92 Å². The zero-order valence-corrected chi connectivity index (χ0v) is 13.8. The minimum absolute atomic E-state index is 0.0648. The lowest BCUT2D eigenvalue weighted by molar-refractivity contribution is 0.599. The van der Waals surface area contributed by atoms with E-state index in [1.54, 1.807) is 13.0 Å². The lowest BCUT2D eigenvalue weighted by atomic mass is 10.1. The van der Waals surface area contributed by atoms with Crippen LogP contribution < -0.4 is 10.5 Å². The summed E-state index contributed by atoms with van der Waals surface area (Å²) in [7, 11) is -3.96. The molecule has 0 aliphatic heterocycles. The standard InChI is InChI=1S/C14H14BrFN2O2S/c1-8-5-12(17)14(6-9(8)2)21(19,20)18-13-7-10(15)3-4-11(13)16/h3-7,18H,17H2,1-2H3. The second kappa shape index (κ2) is 5.65. The number of nitrogen functional groups attached to an aromatic ring is 1. The highest BCUT2D eigenvalue weighted by Gasteiger charge is 2.20. The molecule has 0 heterocycles. The lowest BCUT2D eigenvalue weighted by Gasteiger charge is -2.13. The first-order chi connectivity index (χ1) is 9.70. The molecule has 21 heavy (non-hydrogen) atoms. The van der Waals surface area contributed by atoms with Gasteiger partial charge in [-0.1, -0.05) is 15.9 Å². The van der Waals surface area contributed by atoms with Crippen molar-refractivity contribution < 1.29 is 12.8 Å². The Hall–Kier alpha value is -1.60. The van der Waals surface area contributed by atoms with E-state index in [0.717, 1.165) is 11.1 Å². The van der Waals surface area contributed by atoms with Gasteiger partial charge in [0.25, 0.3) is 10.0 Å². The van der Waals surface area contributed by atoms with Crippen LogP contribution in [0.25, 0.3) is 0 Å². The predicted molar refractivity (Wildman–Crippen MR) is 85.2 cm³/mol. The number of rotatable bonds is 3. The Bertz CT molecular complexity index is 807. The molecule has 7 heteroatoms. The van der Waals surface area contributed by atoms with Crippen LogP contribution in [-0.4, -0.2) is 8.42 Å². The molecule has 0 unspecified atom stereocenters. The van der Waals surface area contributed by atoms with E-state index in [0.29, 0.717) is 4.47 Å². The van der Waals surface area contributed by atoms with Gasteiger partial charge in [0, 0.05) is 4.47 Å². The van der Waals surface area contributed by atoms with Crippen LogP contribution in [0.1, 0.15) is 11.1 Å². The van der Waals surface area contributed by atoms with E-state index >= 15 is 0 Å². The summed E-state index contributed by atoms with van der Waals surface area (Å²) in [5, 5.41) is 0. The van der Waals surface area contributed by atoms with Crippen LogP contribution in [0, 0.1) is 19.7 Å². The largest absolute Gasteiger partial charge is 0.398 e. The minimum atomic E-state index is -3.96. The topological polar surface area (TPSA) is 72.2 Å². The second-order valence-corrected chi connectivity index (χ2v) is 7.27. The summed E-state index contributed by atoms with van der Waals surface area (Å²) in [6.45, 7) is 3.62. The normalized spacial score (nSPS) is 11.4. The molecule has 4 nitrogen and oxygen atoms in total. The molecule has 0 spiro atoms. The van der Waals surface area contributed by atoms with Gasteiger partial charge in [-0.3, -0.25) is 4.72 Å². The fraction of sp³-hybridized carbons (Fsp3) is 0.143. The molecule has 2 aromatic rings. The third kappa shape index (κ3) is 3.36. The van der Waals surface area contributed by atoms with Crippen molar-refractivity contribution in [3.63, 3.8) is 0 Å². The summed E-state index contributed by atoms with van der Waals surface area (Å²) >= 11 is 3.17. The zero-order chi connectivity index (χ0) is 15.8. The number of nitrogens with one attached hydrogen (secondary N) is 1. The number of aryl methyl sites for hydroxylation is 2. The first-order valence-electron chi connectivity index (χ1n) is 6.05. The molecule has 0 aliphatic rings. The van der Waals surface area contributed by atoms with Crippen LogP contribution in [0.5, 0.6) is 0 Å². The van der Waals surface area contributed by atoms with Crippen LogP contribution in [0.4, 0.5) is 15.8 Å². The van der Waals surface area contributed by atoms with Crippen molar-refractivity contribution in [2.24, 2.45) is 0 Å². The Morgan fingerprint density at radius 2 is 1.76 bits per heavy atom. The molecule has 0 bridgehead atoms. The van der Waals surface area contributed by atoms with Gasteiger partial charge in [-0.25, -0.2) is 12.8 Å². The number of halogens is 2. The van der Waals surface area contributed by atoms with E-state index in [4.69, 9.17) is 5.73 Å². The summed E-state index contributed by atoms with van der Waals surface area (Å²) in [5.74, 6) is -0.663. The van der Waals surface area contributed by atoms with E-state index in [1.165, 1.54) is 24.3 Å². The molecule has 0 fully saturated rings. The van der Waals surface area contributed by atoms with Crippen molar-refractivity contribution in [1.82, 2.24) is 0 Å². The van der Waals surface area contributed by atoms with Crippen molar-refractivity contribution in [3.05, 3.63) is 51.7 Å².